The molecule has 4 N–H and O–H groups in total. The summed E-state index contributed by atoms with van der Waals surface area (Å²) in [6, 6.07) is 39.8. The van der Waals surface area contributed by atoms with E-state index in [-0.39, 0.29) is 136 Å². The predicted molar refractivity (Wildman–Crippen MR) is 242 cm³/mol. The molecule has 0 aliphatic heterocycles. The van der Waals surface area contributed by atoms with Crippen LogP contribution in [0.1, 0.15) is 62.2 Å². The van der Waals surface area contributed by atoms with Gasteiger partial charge in [-0.15, -0.1) is 11.6 Å². The number of hydrogen-bond acceptors (Lipinski definition) is 13. The molecule has 0 fully saturated rings. The molecule has 4 aromatic carbocycles. The third-order valence-electron chi connectivity index (χ3n) is 10.4. The first-order chi connectivity index (χ1) is 30.9. The van der Waals surface area contributed by atoms with Crippen molar-refractivity contribution < 1.29 is 123 Å². The number of aliphatic hydroxyl groups excluding tert-OH is 4. The van der Waals surface area contributed by atoms with Crippen molar-refractivity contribution in [2.24, 2.45) is 0 Å². The molecule has 0 saturated carbocycles. The Morgan fingerprint density at radius 1 is 0.545 bits per heavy atom. The molecule has 4 atom stereocenters. The molecular weight excluding hydrogens is 890 g/mol. The summed E-state index contributed by atoms with van der Waals surface area (Å²) in [6.45, 7) is 9.48. The number of aliphatic hydroxyl groups is 4. The third kappa shape index (κ3) is 23.8. The number of aliphatic carboxylic acids is 1. The maximum absolute atomic E-state index is 11.8. The van der Waals surface area contributed by atoms with Gasteiger partial charge in [0.15, 0.2) is 0 Å². The fourth-order valence-corrected chi connectivity index (χ4v) is 6.78. The Labute approximate surface area is 440 Å². The monoisotopic (exact) mass is 957 g/mol. The smallest absolute Gasteiger partial charge is 0.549 e. The summed E-state index contributed by atoms with van der Waals surface area (Å²) in [7, 11) is 0. The Hall–Kier alpha value is -2.29. The van der Waals surface area contributed by atoms with Crippen LogP contribution in [0.25, 0.3) is 0 Å². The van der Waals surface area contributed by atoms with Crippen molar-refractivity contribution in [1.82, 2.24) is 4.90 Å². The van der Waals surface area contributed by atoms with Crippen LogP contribution in [-0.2, 0) is 23.7 Å². The molecule has 0 aliphatic carbocycles. The van der Waals surface area contributed by atoms with Gasteiger partial charge < -0.3 is 59.2 Å². The van der Waals surface area contributed by atoms with Gasteiger partial charge >= 0.3 is 59.1 Å². The van der Waals surface area contributed by atoms with Gasteiger partial charge in [-0.05, 0) is 49.9 Å². The topological polar surface area (TPSA) is 201 Å². The number of ether oxygens (including phenoxy) is 4. The number of rotatable bonds is 27. The van der Waals surface area contributed by atoms with E-state index in [0.29, 0.717) is 32.9 Å². The Bertz CT molecular complexity index is 1700. The van der Waals surface area contributed by atoms with E-state index in [2.05, 4.69) is 35.9 Å². The fourth-order valence-electron chi connectivity index (χ4n) is 6.78. The van der Waals surface area contributed by atoms with Crippen LogP contribution in [0.15, 0.2) is 121 Å². The van der Waals surface area contributed by atoms with Gasteiger partial charge in [0.05, 0.1) is 76.9 Å². The second-order valence-corrected chi connectivity index (χ2v) is 15.5. The number of quaternary nitrogens is 1. The quantitative estimate of drug-likeness (QED) is 0.0280. The van der Waals surface area contributed by atoms with Crippen molar-refractivity contribution in [2.75, 3.05) is 84.9 Å². The van der Waals surface area contributed by atoms with E-state index in [9.17, 15) is 20.1 Å². The number of carbonyl (C=O) groups excluding carboxylic acids is 2. The van der Waals surface area contributed by atoms with Crippen LogP contribution in [-0.4, -0.2) is 151 Å². The van der Waals surface area contributed by atoms with Crippen LogP contribution < -0.4 is 69.3 Å². The maximum Gasteiger partial charge on any atom is 1.00 e. The number of carboxylic acids is 1. The van der Waals surface area contributed by atoms with Gasteiger partial charge in [-0.1, -0.05) is 121 Å². The molecule has 354 valence electrons. The summed E-state index contributed by atoms with van der Waals surface area (Å²) in [5.41, 5.74) is 4.30. The molecule has 0 aromatic heterocycles. The summed E-state index contributed by atoms with van der Waals surface area (Å²) in [6.07, 6.45) is -2.07. The average Bonchev–Trinajstić information content (AvgIpc) is 3.31. The average molecular weight is 959 g/mol. The maximum atomic E-state index is 11.8. The van der Waals surface area contributed by atoms with E-state index in [0.717, 1.165) is 22.3 Å². The summed E-state index contributed by atoms with van der Waals surface area (Å²) in [4.78, 5) is 22.9. The first-order valence-electron chi connectivity index (χ1n) is 21.5. The molecule has 4 unspecified atom stereocenters. The zero-order valence-electron chi connectivity index (χ0n) is 39.5. The van der Waals surface area contributed by atoms with Gasteiger partial charge in [-0.3, -0.25) is 9.38 Å². The number of amides is 1. The minimum Gasteiger partial charge on any atom is -0.549 e. The van der Waals surface area contributed by atoms with Crippen LogP contribution in [0.4, 0.5) is 4.79 Å². The number of halogens is 1. The number of nitrogens with zero attached hydrogens (tertiary/aromatic N) is 2. The van der Waals surface area contributed by atoms with Crippen LogP contribution >= 0.6 is 11.6 Å². The molecule has 14 nitrogen and oxygen atoms in total. The zero-order chi connectivity index (χ0) is 47.2. The number of carboxylic acid groups (broad SMARTS) is 2. The molecule has 0 heterocycles. The molecule has 0 spiro atoms. The molecule has 0 radical (unpaired) electrons. The zero-order valence-corrected chi connectivity index (χ0v) is 44.3. The van der Waals surface area contributed by atoms with Crippen molar-refractivity contribution in [3.8, 4) is 0 Å². The summed E-state index contributed by atoms with van der Waals surface area (Å²) in [5.74, 6) is -1.65. The summed E-state index contributed by atoms with van der Waals surface area (Å²) in [5, 5.41) is 57.9. The molecule has 17 heteroatoms. The van der Waals surface area contributed by atoms with Crippen molar-refractivity contribution in [3.05, 3.63) is 144 Å². The number of hydrogen-bond donors (Lipinski definition) is 4. The predicted octanol–water partition coefficient (Wildman–Crippen LogP) is -2.41. The summed E-state index contributed by atoms with van der Waals surface area (Å²) >= 11 is 4.67. The molecule has 4 aromatic rings. The number of alkyl halides is 1. The molecule has 0 saturated heterocycles. The largest absolute Gasteiger partial charge is 1.00 e. The molecule has 4 rings (SSSR count). The fraction of sp³-hybridized carbons (Fsp3) is 0.469. The van der Waals surface area contributed by atoms with E-state index < -0.39 is 28.5 Å². The van der Waals surface area contributed by atoms with E-state index in [4.69, 9.17) is 39.1 Å². The normalized spacial score (nSPS) is 12.9. The van der Waals surface area contributed by atoms with E-state index in [1.807, 2.05) is 123 Å². The van der Waals surface area contributed by atoms with Crippen LogP contribution in [0, 0.1) is 0 Å². The molecular formula is C49H68ClN2Na2O12+. The van der Waals surface area contributed by atoms with Crippen LogP contribution in [0.5, 0.6) is 0 Å². The Kier molecular flexibility index (Phi) is 36.3. The van der Waals surface area contributed by atoms with Gasteiger partial charge in [-0.25, -0.2) is 0 Å². The Morgan fingerprint density at radius 2 is 0.864 bits per heavy atom. The van der Waals surface area contributed by atoms with Crippen LogP contribution in [0.3, 0.4) is 0 Å². The van der Waals surface area contributed by atoms with Crippen molar-refractivity contribution in [1.29, 1.82) is 0 Å². The van der Waals surface area contributed by atoms with Gasteiger partial charge in [0.25, 0.3) is 6.09 Å². The number of benzene rings is 4. The van der Waals surface area contributed by atoms with Gasteiger partial charge in [0.1, 0.15) is 31.3 Å². The van der Waals surface area contributed by atoms with E-state index in [1.165, 1.54) is 0 Å². The summed E-state index contributed by atoms with van der Waals surface area (Å²) < 4.78 is 23.7. The minimum absolute atomic E-state index is 0. The molecule has 1 amide bonds. The molecule has 0 aliphatic rings. The standard InChI is InChI=1S/C24H33NO6.C23H33NO4.C2H3ClO2.2Na/c1-19(25(13-15-26,14-16-27)24(28)29)17-30-20(2)18-31-23(21-9-5-3-6-10-21)22-11-7-4-8-12-22;1-19(24(13-15-25)14-16-26)17-27-20(2)18-28-23(21-9-5-3-6-10-21)22-11-7-4-8-12-22;3-1-2(4)5;;/h3-12,19-20,23,26-27H,13-18H2,1-2H3;3-12,19-20,23,25-26H,13-18H2,1-2H3;1H2,(H,4,5);;/q;;;2*+1/p-1. The third-order valence-corrected chi connectivity index (χ3v) is 10.6. The van der Waals surface area contributed by atoms with Crippen molar-refractivity contribution >= 4 is 23.7 Å². The van der Waals surface area contributed by atoms with E-state index >= 15 is 0 Å². The van der Waals surface area contributed by atoms with Crippen molar-refractivity contribution in [2.45, 2.75) is 64.2 Å². The van der Waals surface area contributed by atoms with Gasteiger partial charge in [0, 0.05) is 19.1 Å². The van der Waals surface area contributed by atoms with Crippen LogP contribution in [0.2, 0.25) is 0 Å². The van der Waals surface area contributed by atoms with Crippen molar-refractivity contribution in [3.63, 3.8) is 0 Å². The Balaban J connectivity index is 0.00000113. The Morgan fingerprint density at radius 3 is 1.14 bits per heavy atom. The molecule has 66 heavy (non-hydrogen) atoms. The van der Waals surface area contributed by atoms with Gasteiger partial charge in [-0.2, -0.15) is 0 Å². The first-order valence-corrected chi connectivity index (χ1v) is 22.1. The van der Waals surface area contributed by atoms with Gasteiger partial charge in [0.2, 0.25) is 0 Å². The first kappa shape index (κ1) is 63.7. The SMILES string of the molecule is CC(COC(c1ccccc1)c1ccccc1)OCC(C)N(CCO)CCO.CC(COC(c1ccccc1)c1ccccc1)OCC(C)[N+](CCO)(CCO)C(=O)[O-].O=C([O-])CCl.[Na+].[Na+]. The second-order valence-electron chi connectivity index (χ2n) is 15.2. The van der Waals surface area contributed by atoms with E-state index in [1.54, 1.807) is 6.92 Å². The number of carbonyl (C=O) groups is 2. The second kappa shape index (κ2) is 37.6. The molecule has 0 bridgehead atoms. The minimum atomic E-state index is -1.34.